The average molecular weight is 885 g/mol. The maximum absolute atomic E-state index is 12.8. The summed E-state index contributed by atoms with van der Waals surface area (Å²) in [5.41, 5.74) is 0. The van der Waals surface area contributed by atoms with Gasteiger partial charge in [-0.2, -0.15) is 8.42 Å². The van der Waals surface area contributed by atoms with Gasteiger partial charge in [-0.05, 0) is 51.4 Å². The van der Waals surface area contributed by atoms with Crippen LogP contribution in [0.25, 0.3) is 0 Å². The molecule has 0 bridgehead atoms. The second kappa shape index (κ2) is 38.1. The molecule has 1 aliphatic rings. The van der Waals surface area contributed by atoms with E-state index in [4.69, 9.17) is 18.9 Å². The van der Waals surface area contributed by atoms with Crippen LogP contribution in [0.3, 0.4) is 0 Å². The van der Waals surface area contributed by atoms with E-state index in [-0.39, 0.29) is 19.4 Å². The molecular weight excluding hydrogens is 801 g/mol. The van der Waals surface area contributed by atoms with Crippen LogP contribution in [0.4, 0.5) is 0 Å². The highest BCUT2D eigenvalue weighted by molar-refractivity contribution is 7.85. The van der Waals surface area contributed by atoms with Crippen LogP contribution in [0, 0.1) is 0 Å². The van der Waals surface area contributed by atoms with Gasteiger partial charge >= 0.3 is 11.9 Å². The van der Waals surface area contributed by atoms with E-state index in [0.717, 1.165) is 77.0 Å². The number of hydrogen-bond acceptors (Lipinski definition) is 11. The summed E-state index contributed by atoms with van der Waals surface area (Å²) in [5, 5.41) is 30.9. The maximum Gasteiger partial charge on any atom is 0.306 e. The van der Waals surface area contributed by atoms with E-state index in [1.54, 1.807) is 0 Å². The first-order valence-corrected chi connectivity index (χ1v) is 25.3. The number of aliphatic hydroxyl groups excluding tert-OH is 3. The standard InChI is InChI=1S/C48H84O12S/c1-3-5-7-9-11-13-15-16-17-18-19-20-21-22-23-24-25-26-27-29-31-33-35-37-44(50)59-41(38-57-43(49)36-34-32-30-28-14-12-10-8-6-4-2)39-58-48-47(53)46(52)45(51)42(60-48)40-61(54,55)56/h5,7,11,13,16-17,19-20,41-42,45-48,51-53H,3-4,6,8-10,12,14-15,18,21-40H2,1-2H3,(H,54,55,56)/b7-5-,13-11-,17-16-,20-19-. The van der Waals surface area contributed by atoms with Crippen LogP contribution >= 0.6 is 0 Å². The Balaban J connectivity index is 2.36. The molecule has 1 saturated heterocycles. The van der Waals surface area contributed by atoms with Gasteiger partial charge in [-0.1, -0.05) is 172 Å². The van der Waals surface area contributed by atoms with E-state index >= 15 is 0 Å². The summed E-state index contributed by atoms with van der Waals surface area (Å²) in [6.07, 6.45) is 35.9. The van der Waals surface area contributed by atoms with Crippen molar-refractivity contribution in [3.8, 4) is 0 Å². The van der Waals surface area contributed by atoms with Gasteiger partial charge in [0.2, 0.25) is 0 Å². The Morgan fingerprint density at radius 3 is 1.54 bits per heavy atom. The first kappa shape index (κ1) is 56.6. The van der Waals surface area contributed by atoms with Crippen LogP contribution in [0.2, 0.25) is 0 Å². The highest BCUT2D eigenvalue weighted by Gasteiger charge is 2.46. The van der Waals surface area contributed by atoms with Crippen molar-refractivity contribution in [2.24, 2.45) is 0 Å². The van der Waals surface area contributed by atoms with Crippen LogP contribution in [0.1, 0.15) is 187 Å². The zero-order chi connectivity index (χ0) is 44.8. The Morgan fingerprint density at radius 2 is 1.03 bits per heavy atom. The predicted octanol–water partition coefficient (Wildman–Crippen LogP) is 9.95. The Bertz CT molecular complexity index is 1310. The number of carbonyl (C=O) groups is 2. The second-order valence-electron chi connectivity index (χ2n) is 16.4. The molecule has 0 saturated carbocycles. The Labute approximate surface area is 369 Å². The molecule has 0 aromatic carbocycles. The number of rotatable bonds is 39. The van der Waals surface area contributed by atoms with Gasteiger partial charge in [0.05, 0.1) is 6.61 Å². The fraction of sp³-hybridized carbons (Fsp3) is 0.792. The molecule has 0 aromatic rings. The summed E-state index contributed by atoms with van der Waals surface area (Å²) in [5.74, 6) is -1.99. The van der Waals surface area contributed by atoms with Gasteiger partial charge in [-0.25, -0.2) is 0 Å². The monoisotopic (exact) mass is 885 g/mol. The lowest BCUT2D eigenvalue weighted by Crippen LogP contribution is -2.60. The topological polar surface area (TPSA) is 186 Å². The van der Waals surface area contributed by atoms with E-state index < -0.39 is 71.2 Å². The minimum absolute atomic E-state index is 0.159. The zero-order valence-corrected chi connectivity index (χ0v) is 38.6. The lowest BCUT2D eigenvalue weighted by Gasteiger charge is -2.40. The molecule has 61 heavy (non-hydrogen) atoms. The lowest BCUT2D eigenvalue weighted by atomic mass is 10.00. The van der Waals surface area contributed by atoms with Gasteiger partial charge in [0, 0.05) is 12.8 Å². The molecule has 1 fully saturated rings. The fourth-order valence-electron chi connectivity index (χ4n) is 7.02. The summed E-state index contributed by atoms with van der Waals surface area (Å²) in [6.45, 7) is 3.63. The van der Waals surface area contributed by atoms with Crippen molar-refractivity contribution in [2.75, 3.05) is 19.0 Å². The number of hydrogen-bond donors (Lipinski definition) is 4. The maximum atomic E-state index is 12.8. The van der Waals surface area contributed by atoms with Gasteiger partial charge < -0.3 is 34.3 Å². The Kier molecular flexibility index (Phi) is 35.4. The van der Waals surface area contributed by atoms with Crippen molar-refractivity contribution in [3.63, 3.8) is 0 Å². The van der Waals surface area contributed by atoms with E-state index in [2.05, 4.69) is 62.5 Å². The quantitative estimate of drug-likeness (QED) is 0.0198. The number of esters is 2. The van der Waals surface area contributed by atoms with Crippen molar-refractivity contribution in [1.82, 2.24) is 0 Å². The smallest absolute Gasteiger partial charge is 0.306 e. The molecule has 0 aliphatic carbocycles. The minimum Gasteiger partial charge on any atom is -0.462 e. The molecule has 0 amide bonds. The lowest BCUT2D eigenvalue weighted by molar-refractivity contribution is -0.297. The minimum atomic E-state index is -4.60. The molecule has 354 valence electrons. The van der Waals surface area contributed by atoms with E-state index in [9.17, 15) is 37.9 Å². The second-order valence-corrected chi connectivity index (χ2v) is 17.9. The molecule has 1 heterocycles. The highest BCUT2D eigenvalue weighted by atomic mass is 32.2. The summed E-state index contributed by atoms with van der Waals surface area (Å²) < 4.78 is 54.1. The SMILES string of the molecule is CC/C=C\C/C=C\C/C=C\C/C=C\CCCCCCCCCCCCC(=O)OC(COC(=O)CCCCCCCCCCCC)COC1OC(CS(=O)(=O)O)C(O)C(O)C1O. The summed E-state index contributed by atoms with van der Waals surface area (Å²) in [7, 11) is -4.60. The van der Waals surface area contributed by atoms with Gasteiger partial charge in [-0.15, -0.1) is 0 Å². The third-order valence-corrected chi connectivity index (χ3v) is 11.4. The van der Waals surface area contributed by atoms with Crippen LogP contribution in [0.5, 0.6) is 0 Å². The molecule has 4 N–H and O–H groups in total. The highest BCUT2D eigenvalue weighted by Crippen LogP contribution is 2.24. The van der Waals surface area contributed by atoms with Crippen LogP contribution in [0.15, 0.2) is 48.6 Å². The first-order valence-electron chi connectivity index (χ1n) is 23.7. The van der Waals surface area contributed by atoms with E-state index in [0.29, 0.717) is 12.8 Å². The van der Waals surface area contributed by atoms with E-state index in [1.807, 2.05) is 0 Å². The van der Waals surface area contributed by atoms with Crippen LogP contribution in [-0.4, -0.2) is 96.0 Å². The van der Waals surface area contributed by atoms with Gasteiger partial charge in [0.15, 0.2) is 12.4 Å². The molecule has 12 nitrogen and oxygen atoms in total. The molecule has 1 aliphatic heterocycles. The van der Waals surface area contributed by atoms with Crippen molar-refractivity contribution < 1.29 is 56.8 Å². The molecule has 13 heteroatoms. The van der Waals surface area contributed by atoms with E-state index in [1.165, 1.54) is 70.6 Å². The molecule has 0 radical (unpaired) electrons. The van der Waals surface area contributed by atoms with Crippen molar-refractivity contribution in [3.05, 3.63) is 48.6 Å². The average Bonchev–Trinajstić information content (AvgIpc) is 3.22. The Hall–Kier alpha value is -2.39. The van der Waals surface area contributed by atoms with Gasteiger partial charge in [-0.3, -0.25) is 14.1 Å². The third kappa shape index (κ3) is 32.9. The van der Waals surface area contributed by atoms with Crippen molar-refractivity contribution in [1.29, 1.82) is 0 Å². The summed E-state index contributed by atoms with van der Waals surface area (Å²) in [6, 6.07) is 0. The Morgan fingerprint density at radius 1 is 0.574 bits per heavy atom. The van der Waals surface area contributed by atoms with Crippen LogP contribution in [-0.2, 0) is 38.7 Å². The third-order valence-electron chi connectivity index (χ3n) is 10.7. The van der Waals surface area contributed by atoms with Gasteiger partial charge in [0.25, 0.3) is 10.1 Å². The predicted molar refractivity (Wildman–Crippen MR) is 242 cm³/mol. The largest absolute Gasteiger partial charge is 0.462 e. The molecule has 6 atom stereocenters. The number of allylic oxidation sites excluding steroid dienone is 8. The van der Waals surface area contributed by atoms with Crippen molar-refractivity contribution >= 4 is 22.1 Å². The van der Waals surface area contributed by atoms with Crippen LogP contribution < -0.4 is 0 Å². The van der Waals surface area contributed by atoms with Crippen molar-refractivity contribution in [2.45, 2.75) is 224 Å². The number of unbranched alkanes of at least 4 members (excludes halogenated alkanes) is 19. The molecule has 1 rings (SSSR count). The first-order chi connectivity index (χ1) is 29.5. The summed E-state index contributed by atoms with van der Waals surface area (Å²) >= 11 is 0. The molecule has 6 unspecified atom stereocenters. The molecular formula is C48H84O12S. The summed E-state index contributed by atoms with van der Waals surface area (Å²) in [4.78, 5) is 25.4. The number of carbonyl (C=O) groups excluding carboxylic acids is 2. The number of ether oxygens (including phenoxy) is 4. The zero-order valence-electron chi connectivity index (χ0n) is 37.8. The fourth-order valence-corrected chi connectivity index (χ4v) is 7.71. The van der Waals surface area contributed by atoms with Gasteiger partial charge in [0.1, 0.15) is 36.8 Å². The number of aliphatic hydroxyl groups is 3. The molecule has 0 aromatic heterocycles. The molecule has 0 spiro atoms. The normalized spacial score (nSPS) is 20.4.